The fourth-order valence-corrected chi connectivity index (χ4v) is 4.78. The Balaban J connectivity index is 1.65. The fraction of sp³-hybridized carbons (Fsp3) is 0.393. The first-order valence-electron chi connectivity index (χ1n) is 12.6. The van der Waals surface area contributed by atoms with Gasteiger partial charge < -0.3 is 35.3 Å². The predicted molar refractivity (Wildman–Crippen MR) is 150 cm³/mol. The van der Waals surface area contributed by atoms with Gasteiger partial charge in [0.25, 0.3) is 0 Å². The number of nitrogen functional groups attached to an aromatic ring is 1. The Kier molecular flexibility index (Phi) is 8.13. The molecule has 9 heteroatoms. The highest BCUT2D eigenvalue weighted by Crippen LogP contribution is 2.40. The molecule has 4 rings (SSSR count). The number of nitrogens with two attached hydrogens (primary N) is 1. The van der Waals surface area contributed by atoms with E-state index in [0.717, 1.165) is 48.3 Å². The van der Waals surface area contributed by atoms with Crippen molar-refractivity contribution in [2.45, 2.75) is 19.4 Å². The number of benzene rings is 1. The van der Waals surface area contributed by atoms with Crippen LogP contribution in [0, 0.1) is 5.92 Å². The minimum absolute atomic E-state index is 0.109. The van der Waals surface area contributed by atoms with Crippen LogP contribution in [0.5, 0.6) is 5.75 Å². The summed E-state index contributed by atoms with van der Waals surface area (Å²) in [7, 11) is 7.75. The van der Waals surface area contributed by atoms with Crippen molar-refractivity contribution in [2.24, 2.45) is 5.92 Å². The first-order valence-corrected chi connectivity index (χ1v) is 12.6. The number of ether oxygens (including phenoxy) is 1. The van der Waals surface area contributed by atoms with E-state index in [0.29, 0.717) is 29.6 Å². The second-order valence-electron chi connectivity index (χ2n) is 9.62. The van der Waals surface area contributed by atoms with Crippen LogP contribution in [0.2, 0.25) is 0 Å². The van der Waals surface area contributed by atoms with Crippen LogP contribution in [-0.4, -0.2) is 80.0 Å². The molecule has 196 valence electrons. The number of fused-ring (bicyclic) bond motifs is 1. The molecule has 2 aromatic rings. The number of aromatic nitrogens is 2. The van der Waals surface area contributed by atoms with Crippen LogP contribution in [-0.2, 0) is 11.2 Å². The van der Waals surface area contributed by atoms with E-state index in [4.69, 9.17) is 15.5 Å². The van der Waals surface area contributed by atoms with Gasteiger partial charge in [-0.05, 0) is 32.1 Å². The van der Waals surface area contributed by atoms with Crippen LogP contribution < -0.4 is 20.7 Å². The molecule has 2 heterocycles. The van der Waals surface area contributed by atoms with Crippen LogP contribution >= 0.6 is 0 Å². The van der Waals surface area contributed by atoms with E-state index in [1.165, 1.54) is 0 Å². The molecule has 2 unspecified atom stereocenters. The van der Waals surface area contributed by atoms with E-state index in [2.05, 4.69) is 56.4 Å². The second-order valence-corrected chi connectivity index (χ2v) is 9.62. The Bertz CT molecular complexity index is 1220. The van der Waals surface area contributed by atoms with Crippen LogP contribution in [0.4, 0.5) is 23.0 Å². The highest BCUT2D eigenvalue weighted by Gasteiger charge is 2.35. The summed E-state index contributed by atoms with van der Waals surface area (Å²) < 4.78 is 5.70. The Morgan fingerprint density at radius 2 is 1.97 bits per heavy atom. The molecule has 3 N–H and O–H groups in total. The summed E-state index contributed by atoms with van der Waals surface area (Å²) in [5, 5.41) is 3.32. The number of hydrogen-bond donors (Lipinski definition) is 2. The summed E-state index contributed by atoms with van der Waals surface area (Å²) in [6.07, 6.45) is 14.0. The van der Waals surface area contributed by atoms with E-state index in [-0.39, 0.29) is 12.0 Å². The number of carbonyl (C=O) groups is 1. The zero-order valence-corrected chi connectivity index (χ0v) is 22.3. The van der Waals surface area contributed by atoms with Crippen LogP contribution in [0.3, 0.4) is 0 Å². The highest BCUT2D eigenvalue weighted by molar-refractivity contribution is 5.80. The zero-order valence-electron chi connectivity index (χ0n) is 22.3. The molecule has 37 heavy (non-hydrogen) atoms. The molecule has 0 spiro atoms. The number of aryl methyl sites for hydroxylation is 1. The van der Waals surface area contributed by atoms with E-state index < -0.39 is 0 Å². The molecule has 1 aliphatic heterocycles. The number of carbonyl (C=O) groups excluding carboxylic acids is 1. The third-order valence-electron chi connectivity index (χ3n) is 6.85. The predicted octanol–water partition coefficient (Wildman–Crippen LogP) is 3.34. The van der Waals surface area contributed by atoms with Crippen molar-refractivity contribution < 1.29 is 9.53 Å². The number of methoxy groups -OCH3 is 1. The molecule has 1 aromatic carbocycles. The summed E-state index contributed by atoms with van der Waals surface area (Å²) in [6.45, 7) is 4.18. The standard InChI is InChI=1S/C28H37N7O2/c1-6-19-17-30-28(32-27(19)21-18-35(13-14-36)24-10-8-7-9-20(21)24)31-23-15-22(29)25(16-26(23)37-5)34(4)12-11-33(2)3/h7-10,14-18,20,24H,6,11-13,29H2,1-5H3,(H,30,31,32). The van der Waals surface area contributed by atoms with Crippen molar-refractivity contribution in [3.05, 3.63) is 60.1 Å². The molecule has 1 aliphatic carbocycles. The number of allylic oxidation sites excluding steroid dienone is 2. The molecule has 2 aliphatic rings. The molecule has 1 aromatic heterocycles. The van der Waals surface area contributed by atoms with Gasteiger partial charge in [-0.3, -0.25) is 0 Å². The maximum absolute atomic E-state index is 11.3. The second kappa shape index (κ2) is 11.5. The van der Waals surface area contributed by atoms with Gasteiger partial charge in [0.05, 0.1) is 42.5 Å². The van der Waals surface area contributed by atoms with Gasteiger partial charge in [-0.1, -0.05) is 31.2 Å². The topological polar surface area (TPSA) is 99.8 Å². The van der Waals surface area contributed by atoms with E-state index in [1.54, 1.807) is 7.11 Å². The molecule has 0 amide bonds. The number of likely N-dealkylation sites (N-methyl/N-ethyl adjacent to an activating group) is 2. The van der Waals surface area contributed by atoms with Gasteiger partial charge in [0.2, 0.25) is 5.95 Å². The van der Waals surface area contributed by atoms with Crippen molar-refractivity contribution in [3.63, 3.8) is 0 Å². The molecule has 0 radical (unpaired) electrons. The largest absolute Gasteiger partial charge is 0.494 e. The Morgan fingerprint density at radius 1 is 1.19 bits per heavy atom. The van der Waals surface area contributed by atoms with Gasteiger partial charge >= 0.3 is 0 Å². The molecule has 9 nitrogen and oxygen atoms in total. The van der Waals surface area contributed by atoms with Crippen molar-refractivity contribution in [1.29, 1.82) is 0 Å². The number of nitrogens with zero attached hydrogens (tertiary/aromatic N) is 5. The third-order valence-corrected chi connectivity index (χ3v) is 6.85. The summed E-state index contributed by atoms with van der Waals surface area (Å²) in [4.78, 5) is 27.1. The van der Waals surface area contributed by atoms with Crippen molar-refractivity contribution in [1.82, 2.24) is 19.8 Å². The highest BCUT2D eigenvalue weighted by atomic mass is 16.5. The van der Waals surface area contributed by atoms with Crippen LogP contribution in [0.25, 0.3) is 5.57 Å². The van der Waals surface area contributed by atoms with Gasteiger partial charge in [0.1, 0.15) is 12.0 Å². The Hall–Kier alpha value is -3.85. The number of rotatable bonds is 11. The fourth-order valence-electron chi connectivity index (χ4n) is 4.78. The number of aldehydes is 1. The molecule has 0 bridgehead atoms. The molecular formula is C28H37N7O2. The molecule has 0 saturated carbocycles. The quantitative estimate of drug-likeness (QED) is 0.353. The summed E-state index contributed by atoms with van der Waals surface area (Å²) in [5.41, 5.74) is 11.7. The SMILES string of the molecule is CCc1cnc(Nc2cc(N)c(N(C)CCN(C)C)cc2OC)nc1C1=CN(CC=O)C2C=CC=CC12. The van der Waals surface area contributed by atoms with Crippen molar-refractivity contribution in [3.8, 4) is 5.75 Å². The average Bonchev–Trinajstić information content (AvgIpc) is 3.26. The number of anilines is 4. The third kappa shape index (κ3) is 5.61. The number of nitrogens with one attached hydrogen (secondary N) is 1. The first-order chi connectivity index (χ1) is 17.9. The van der Waals surface area contributed by atoms with Crippen molar-refractivity contribution >= 4 is 34.9 Å². The maximum atomic E-state index is 11.3. The van der Waals surface area contributed by atoms with E-state index in [9.17, 15) is 4.79 Å². The Labute approximate surface area is 219 Å². The van der Waals surface area contributed by atoms with Gasteiger partial charge in [0, 0.05) is 50.1 Å². The molecular weight excluding hydrogens is 466 g/mol. The minimum atomic E-state index is 0.109. The zero-order chi connectivity index (χ0) is 26.5. The van der Waals surface area contributed by atoms with Gasteiger partial charge in [-0.2, -0.15) is 0 Å². The van der Waals surface area contributed by atoms with E-state index >= 15 is 0 Å². The monoisotopic (exact) mass is 503 g/mol. The maximum Gasteiger partial charge on any atom is 0.227 e. The van der Waals surface area contributed by atoms with Gasteiger partial charge in [-0.25, -0.2) is 9.97 Å². The normalized spacial score (nSPS) is 18.1. The first kappa shape index (κ1) is 26.2. The van der Waals surface area contributed by atoms with Gasteiger partial charge in [0.15, 0.2) is 0 Å². The van der Waals surface area contributed by atoms with Crippen LogP contribution in [0.15, 0.2) is 48.8 Å². The van der Waals surface area contributed by atoms with Crippen LogP contribution in [0.1, 0.15) is 18.2 Å². The lowest BCUT2D eigenvalue weighted by Crippen LogP contribution is -2.32. The Morgan fingerprint density at radius 3 is 2.68 bits per heavy atom. The summed E-state index contributed by atoms with van der Waals surface area (Å²) in [6, 6.07) is 3.91. The molecule has 0 fully saturated rings. The lowest BCUT2D eigenvalue weighted by molar-refractivity contribution is -0.108. The van der Waals surface area contributed by atoms with Gasteiger partial charge in [-0.15, -0.1) is 0 Å². The van der Waals surface area contributed by atoms with E-state index in [1.807, 2.05) is 45.5 Å². The number of hydrogen-bond acceptors (Lipinski definition) is 9. The summed E-state index contributed by atoms with van der Waals surface area (Å²) in [5.74, 6) is 1.24. The molecule has 2 atom stereocenters. The lowest BCUT2D eigenvalue weighted by atomic mass is 9.88. The minimum Gasteiger partial charge on any atom is -0.494 e. The molecule has 0 saturated heterocycles. The smallest absolute Gasteiger partial charge is 0.227 e. The van der Waals surface area contributed by atoms with Crippen molar-refractivity contribution in [2.75, 3.05) is 63.8 Å². The summed E-state index contributed by atoms with van der Waals surface area (Å²) >= 11 is 0. The lowest BCUT2D eigenvalue weighted by Gasteiger charge is -2.26. The average molecular weight is 504 g/mol.